The molecule has 0 spiro atoms. The summed E-state index contributed by atoms with van der Waals surface area (Å²) < 4.78 is 5.47. The van der Waals surface area contributed by atoms with Gasteiger partial charge in [0, 0.05) is 13.1 Å². The maximum Gasteiger partial charge on any atom is 0.265 e. The van der Waals surface area contributed by atoms with Crippen molar-refractivity contribution in [3.05, 3.63) is 23.8 Å². The molecule has 5 heteroatoms. The summed E-state index contributed by atoms with van der Waals surface area (Å²) in [7, 11) is 0. The predicted molar refractivity (Wildman–Crippen MR) is 88.6 cm³/mol. The summed E-state index contributed by atoms with van der Waals surface area (Å²) in [6.45, 7) is 7.97. The zero-order valence-corrected chi connectivity index (χ0v) is 14.0. The van der Waals surface area contributed by atoms with Crippen molar-refractivity contribution in [1.82, 2.24) is 4.90 Å². The van der Waals surface area contributed by atoms with E-state index in [1.54, 1.807) is 4.90 Å². The Morgan fingerprint density at radius 2 is 1.96 bits per heavy atom. The Bertz CT molecular complexity index is 619. The second-order valence-electron chi connectivity index (χ2n) is 6.98. The number of fused-ring (bicyclic) bond motifs is 1. The van der Waals surface area contributed by atoms with E-state index in [0.717, 1.165) is 25.1 Å². The molecule has 0 saturated carbocycles. The third kappa shape index (κ3) is 3.33. The van der Waals surface area contributed by atoms with E-state index in [1.807, 2.05) is 30.0 Å². The van der Waals surface area contributed by atoms with Crippen LogP contribution in [-0.4, -0.2) is 43.0 Å². The van der Waals surface area contributed by atoms with Crippen LogP contribution in [0.2, 0.25) is 0 Å². The number of piperidine rings is 1. The highest BCUT2D eigenvalue weighted by molar-refractivity contribution is 6.02. The van der Waals surface area contributed by atoms with Crippen LogP contribution in [0.3, 0.4) is 0 Å². The van der Waals surface area contributed by atoms with Gasteiger partial charge in [0.25, 0.3) is 5.91 Å². The summed E-state index contributed by atoms with van der Waals surface area (Å²) in [6, 6.07) is 5.71. The van der Waals surface area contributed by atoms with Gasteiger partial charge in [-0.05, 0) is 42.9 Å². The molecule has 2 aliphatic heterocycles. The number of rotatable bonds is 2. The summed E-state index contributed by atoms with van der Waals surface area (Å²) in [4.78, 5) is 28.4. The molecule has 23 heavy (non-hydrogen) atoms. The number of nitrogens with zero attached hydrogens (tertiary/aromatic N) is 2. The van der Waals surface area contributed by atoms with Gasteiger partial charge >= 0.3 is 0 Å². The quantitative estimate of drug-likeness (QED) is 0.840. The van der Waals surface area contributed by atoms with Gasteiger partial charge in [0.2, 0.25) is 5.91 Å². The van der Waals surface area contributed by atoms with Crippen molar-refractivity contribution in [2.75, 3.05) is 31.1 Å². The van der Waals surface area contributed by atoms with Crippen LogP contribution >= 0.6 is 0 Å². The van der Waals surface area contributed by atoms with Gasteiger partial charge in [-0.15, -0.1) is 0 Å². The van der Waals surface area contributed by atoms with E-state index >= 15 is 0 Å². The number of anilines is 1. The van der Waals surface area contributed by atoms with E-state index in [1.165, 1.54) is 0 Å². The van der Waals surface area contributed by atoms with Crippen LogP contribution in [0.15, 0.2) is 18.2 Å². The standard InChI is InChI=1S/C18H24N2O3/c1-12-4-5-16-15(7-12)20(18(22)11-23-16)10-17(21)19-8-13(2)6-14(3)9-19/h4-5,7,13-14H,6,8-11H2,1-3H3/t13-,14+. The highest BCUT2D eigenvalue weighted by atomic mass is 16.5. The first-order valence-electron chi connectivity index (χ1n) is 8.25. The fourth-order valence-electron chi connectivity index (χ4n) is 3.59. The molecule has 0 aliphatic carbocycles. The molecule has 1 aromatic rings. The van der Waals surface area contributed by atoms with Crippen LogP contribution < -0.4 is 9.64 Å². The van der Waals surface area contributed by atoms with Crippen LogP contribution in [0, 0.1) is 18.8 Å². The van der Waals surface area contributed by atoms with E-state index in [9.17, 15) is 9.59 Å². The molecule has 1 aromatic carbocycles. The van der Waals surface area contributed by atoms with Crippen molar-refractivity contribution in [3.63, 3.8) is 0 Å². The van der Waals surface area contributed by atoms with Gasteiger partial charge < -0.3 is 9.64 Å². The van der Waals surface area contributed by atoms with E-state index in [2.05, 4.69) is 13.8 Å². The number of hydrogen-bond acceptors (Lipinski definition) is 3. The Hall–Kier alpha value is -2.04. The molecular weight excluding hydrogens is 292 g/mol. The number of aryl methyl sites for hydroxylation is 1. The molecule has 2 aliphatic rings. The van der Waals surface area contributed by atoms with E-state index in [-0.39, 0.29) is 25.0 Å². The topological polar surface area (TPSA) is 49.9 Å². The number of benzene rings is 1. The van der Waals surface area contributed by atoms with Gasteiger partial charge in [-0.1, -0.05) is 19.9 Å². The Kier molecular flexibility index (Phi) is 4.28. The molecule has 2 atom stereocenters. The van der Waals surface area contributed by atoms with Gasteiger partial charge in [0.05, 0.1) is 5.69 Å². The molecule has 1 saturated heterocycles. The maximum absolute atomic E-state index is 12.7. The van der Waals surface area contributed by atoms with Gasteiger partial charge in [-0.2, -0.15) is 0 Å². The molecule has 1 fully saturated rings. The fourth-order valence-corrected chi connectivity index (χ4v) is 3.59. The average Bonchev–Trinajstić information content (AvgIpc) is 2.49. The number of likely N-dealkylation sites (tertiary alicyclic amines) is 1. The van der Waals surface area contributed by atoms with Gasteiger partial charge in [0.15, 0.2) is 6.61 Å². The molecule has 2 heterocycles. The maximum atomic E-state index is 12.7. The van der Waals surface area contributed by atoms with Crippen LogP contribution in [0.5, 0.6) is 5.75 Å². The lowest BCUT2D eigenvalue weighted by atomic mass is 9.92. The minimum Gasteiger partial charge on any atom is -0.482 e. The van der Waals surface area contributed by atoms with E-state index in [0.29, 0.717) is 23.3 Å². The molecule has 3 rings (SSSR count). The molecular formula is C18H24N2O3. The lowest BCUT2D eigenvalue weighted by molar-refractivity contribution is -0.134. The molecule has 0 bridgehead atoms. The highest BCUT2D eigenvalue weighted by Crippen LogP contribution is 2.33. The Balaban J connectivity index is 1.78. The molecule has 0 radical (unpaired) electrons. The summed E-state index contributed by atoms with van der Waals surface area (Å²) in [5.41, 5.74) is 1.74. The average molecular weight is 316 g/mol. The van der Waals surface area contributed by atoms with Crippen molar-refractivity contribution in [2.45, 2.75) is 27.2 Å². The molecule has 2 amide bonds. The van der Waals surface area contributed by atoms with E-state index < -0.39 is 0 Å². The first-order valence-corrected chi connectivity index (χ1v) is 8.25. The summed E-state index contributed by atoms with van der Waals surface area (Å²) in [5.74, 6) is 1.55. The van der Waals surface area contributed by atoms with Crippen LogP contribution in [0.25, 0.3) is 0 Å². The Morgan fingerprint density at radius 1 is 1.26 bits per heavy atom. The Morgan fingerprint density at radius 3 is 2.65 bits per heavy atom. The predicted octanol–water partition coefficient (Wildman–Crippen LogP) is 2.22. The molecule has 0 aromatic heterocycles. The van der Waals surface area contributed by atoms with Crippen molar-refractivity contribution < 1.29 is 14.3 Å². The van der Waals surface area contributed by atoms with Crippen LogP contribution in [-0.2, 0) is 9.59 Å². The fraction of sp³-hybridized carbons (Fsp3) is 0.556. The number of carbonyl (C=O) groups excluding carboxylic acids is 2. The molecule has 0 unspecified atom stereocenters. The summed E-state index contributed by atoms with van der Waals surface area (Å²) in [6.07, 6.45) is 1.16. The third-order valence-corrected chi connectivity index (χ3v) is 4.57. The first kappa shape index (κ1) is 15.8. The summed E-state index contributed by atoms with van der Waals surface area (Å²) >= 11 is 0. The Labute approximate surface area is 137 Å². The minimum absolute atomic E-state index is 0.00382. The van der Waals surface area contributed by atoms with Crippen molar-refractivity contribution in [1.29, 1.82) is 0 Å². The number of ether oxygens (including phenoxy) is 1. The van der Waals surface area contributed by atoms with Crippen LogP contribution in [0.1, 0.15) is 25.8 Å². The van der Waals surface area contributed by atoms with Crippen LogP contribution in [0.4, 0.5) is 5.69 Å². The smallest absolute Gasteiger partial charge is 0.265 e. The SMILES string of the molecule is Cc1ccc2c(c1)N(CC(=O)N1C[C@H](C)C[C@H](C)C1)C(=O)CO2. The minimum atomic E-state index is -0.158. The van der Waals surface area contributed by atoms with Crippen molar-refractivity contribution in [3.8, 4) is 5.75 Å². The number of hydrogen-bond donors (Lipinski definition) is 0. The zero-order valence-electron chi connectivity index (χ0n) is 14.0. The van der Waals surface area contributed by atoms with Gasteiger partial charge in [-0.3, -0.25) is 14.5 Å². The first-order chi connectivity index (χ1) is 10.9. The highest BCUT2D eigenvalue weighted by Gasteiger charge is 2.31. The lowest BCUT2D eigenvalue weighted by Crippen LogP contribution is -2.50. The van der Waals surface area contributed by atoms with Crippen molar-refractivity contribution in [2.24, 2.45) is 11.8 Å². The van der Waals surface area contributed by atoms with Gasteiger partial charge in [-0.25, -0.2) is 0 Å². The van der Waals surface area contributed by atoms with E-state index in [4.69, 9.17) is 4.74 Å². The van der Waals surface area contributed by atoms with Gasteiger partial charge in [0.1, 0.15) is 12.3 Å². The molecule has 124 valence electrons. The van der Waals surface area contributed by atoms with Crippen molar-refractivity contribution >= 4 is 17.5 Å². The second-order valence-corrected chi connectivity index (χ2v) is 6.98. The molecule has 0 N–H and O–H groups in total. The molecule has 5 nitrogen and oxygen atoms in total. The number of carbonyl (C=O) groups is 2. The lowest BCUT2D eigenvalue weighted by Gasteiger charge is -2.37. The zero-order chi connectivity index (χ0) is 16.6. The number of amides is 2. The third-order valence-electron chi connectivity index (χ3n) is 4.57. The second kappa shape index (κ2) is 6.22. The largest absolute Gasteiger partial charge is 0.482 e. The summed E-state index contributed by atoms with van der Waals surface area (Å²) in [5, 5.41) is 0. The monoisotopic (exact) mass is 316 g/mol. The normalized spacial score (nSPS) is 24.2.